The van der Waals surface area contributed by atoms with Gasteiger partial charge in [0.1, 0.15) is 6.29 Å². The monoisotopic (exact) mass is 246 g/mol. The first-order valence-corrected chi connectivity index (χ1v) is 6.24. The quantitative estimate of drug-likeness (QED) is 0.671. The smallest absolute Gasteiger partial charge is 0.150 e. The maximum atomic E-state index is 10.7. The molecule has 88 valence electrons. The van der Waals surface area contributed by atoms with E-state index >= 15 is 0 Å². The molecule has 0 saturated carbocycles. The summed E-state index contributed by atoms with van der Waals surface area (Å²) in [6.45, 7) is 0. The predicted molar refractivity (Wildman–Crippen MR) is 71.8 cm³/mol. The van der Waals surface area contributed by atoms with Crippen LogP contribution in [0, 0.1) is 5.92 Å². The van der Waals surface area contributed by atoms with Gasteiger partial charge in [-0.05, 0) is 31.3 Å². The molecule has 0 aromatic carbocycles. The molecule has 0 aromatic heterocycles. The van der Waals surface area contributed by atoms with Crippen LogP contribution in [-0.2, 0) is 4.79 Å². The number of rotatable bonds is 2. The van der Waals surface area contributed by atoms with Crippen molar-refractivity contribution in [1.29, 1.82) is 0 Å². The van der Waals surface area contributed by atoms with Gasteiger partial charge in [0.15, 0.2) is 0 Å². The van der Waals surface area contributed by atoms with Crippen LogP contribution in [0.15, 0.2) is 58.7 Å². The van der Waals surface area contributed by atoms with Crippen LogP contribution >= 0.6 is 11.6 Å². The minimum Gasteiger partial charge on any atom is -0.298 e. The first-order chi connectivity index (χ1) is 8.29. The Kier molecular flexibility index (Phi) is 4.16. The SMILES string of the molecule is O=CC1=CC=C(C2C=CC(Cl)=CCC2)CC=C1. The zero-order valence-electron chi connectivity index (χ0n) is 9.60. The molecule has 0 aromatic rings. The topological polar surface area (TPSA) is 17.1 Å². The van der Waals surface area contributed by atoms with Crippen LogP contribution in [-0.4, -0.2) is 6.29 Å². The highest BCUT2D eigenvalue weighted by Crippen LogP contribution is 2.28. The fraction of sp³-hybridized carbons (Fsp3) is 0.267. The van der Waals surface area contributed by atoms with Gasteiger partial charge in [-0.2, -0.15) is 0 Å². The number of aldehydes is 1. The van der Waals surface area contributed by atoms with Gasteiger partial charge in [0.25, 0.3) is 0 Å². The Morgan fingerprint density at radius 2 is 2.18 bits per heavy atom. The first-order valence-electron chi connectivity index (χ1n) is 5.86. The summed E-state index contributed by atoms with van der Waals surface area (Å²) in [7, 11) is 0. The van der Waals surface area contributed by atoms with E-state index in [-0.39, 0.29) is 0 Å². The second-order valence-corrected chi connectivity index (χ2v) is 4.70. The zero-order valence-corrected chi connectivity index (χ0v) is 10.4. The average Bonchev–Trinajstić information content (AvgIpc) is 2.69. The molecule has 2 aliphatic rings. The highest BCUT2D eigenvalue weighted by molar-refractivity contribution is 6.31. The van der Waals surface area contributed by atoms with Crippen molar-refractivity contribution in [2.45, 2.75) is 19.3 Å². The molecule has 0 spiro atoms. The molecule has 0 heterocycles. The van der Waals surface area contributed by atoms with Crippen molar-refractivity contribution < 1.29 is 4.79 Å². The summed E-state index contributed by atoms with van der Waals surface area (Å²) in [5.74, 6) is 0.425. The van der Waals surface area contributed by atoms with E-state index in [4.69, 9.17) is 11.6 Å². The maximum Gasteiger partial charge on any atom is 0.150 e. The van der Waals surface area contributed by atoms with Crippen molar-refractivity contribution in [2.24, 2.45) is 5.92 Å². The predicted octanol–water partition coefficient (Wildman–Crippen LogP) is 4.09. The first kappa shape index (κ1) is 12.1. The van der Waals surface area contributed by atoms with E-state index in [1.54, 1.807) is 0 Å². The van der Waals surface area contributed by atoms with Crippen LogP contribution in [0.2, 0.25) is 0 Å². The van der Waals surface area contributed by atoms with Gasteiger partial charge in [-0.15, -0.1) is 0 Å². The molecule has 17 heavy (non-hydrogen) atoms. The molecule has 0 saturated heterocycles. The van der Waals surface area contributed by atoms with Gasteiger partial charge in [0, 0.05) is 10.6 Å². The molecule has 0 N–H and O–H groups in total. The largest absolute Gasteiger partial charge is 0.298 e. The average molecular weight is 247 g/mol. The lowest BCUT2D eigenvalue weighted by molar-refractivity contribution is -0.104. The molecule has 0 radical (unpaired) electrons. The van der Waals surface area contributed by atoms with E-state index in [1.807, 2.05) is 24.3 Å². The van der Waals surface area contributed by atoms with Gasteiger partial charge in [-0.3, -0.25) is 4.79 Å². The maximum absolute atomic E-state index is 10.7. The third kappa shape index (κ3) is 3.31. The second kappa shape index (κ2) is 5.83. The highest BCUT2D eigenvalue weighted by atomic mass is 35.5. The normalized spacial score (nSPS) is 24.3. The van der Waals surface area contributed by atoms with Gasteiger partial charge in [0.05, 0.1) is 0 Å². The molecule has 2 aliphatic carbocycles. The lowest BCUT2D eigenvalue weighted by Gasteiger charge is -2.13. The van der Waals surface area contributed by atoms with E-state index in [0.717, 1.165) is 36.2 Å². The number of hydrogen-bond donors (Lipinski definition) is 0. The van der Waals surface area contributed by atoms with Crippen LogP contribution in [0.3, 0.4) is 0 Å². The van der Waals surface area contributed by atoms with E-state index in [2.05, 4.69) is 18.2 Å². The number of halogens is 1. The van der Waals surface area contributed by atoms with Crippen molar-refractivity contribution >= 4 is 17.9 Å². The Hall–Kier alpha value is -1.34. The Labute approximate surface area is 107 Å². The van der Waals surface area contributed by atoms with Crippen molar-refractivity contribution in [3.8, 4) is 0 Å². The van der Waals surface area contributed by atoms with Gasteiger partial charge in [-0.25, -0.2) is 0 Å². The van der Waals surface area contributed by atoms with Crippen molar-refractivity contribution in [3.63, 3.8) is 0 Å². The molecule has 0 fully saturated rings. The van der Waals surface area contributed by atoms with E-state index < -0.39 is 0 Å². The fourth-order valence-electron chi connectivity index (χ4n) is 2.09. The standard InChI is InChI=1S/C15H15ClO/c16-15-6-2-5-14(9-10-15)13-4-1-3-12(11-17)7-8-13/h1,3,6-11,14H,2,4-5H2. The Balaban J connectivity index is 2.16. The molecular formula is C15H15ClO. The fourth-order valence-corrected chi connectivity index (χ4v) is 2.28. The second-order valence-electron chi connectivity index (χ2n) is 4.26. The number of hydrogen-bond acceptors (Lipinski definition) is 1. The minimum atomic E-state index is 0.425. The van der Waals surface area contributed by atoms with Crippen LogP contribution in [0.25, 0.3) is 0 Å². The van der Waals surface area contributed by atoms with Crippen molar-refractivity contribution in [3.05, 3.63) is 58.7 Å². The summed E-state index contributed by atoms with van der Waals surface area (Å²) >= 11 is 5.99. The molecule has 1 atom stereocenters. The van der Waals surface area contributed by atoms with E-state index in [9.17, 15) is 4.79 Å². The third-order valence-corrected chi connectivity index (χ3v) is 3.35. The van der Waals surface area contributed by atoms with Crippen LogP contribution < -0.4 is 0 Å². The summed E-state index contributed by atoms with van der Waals surface area (Å²) in [4.78, 5) is 10.7. The van der Waals surface area contributed by atoms with Crippen molar-refractivity contribution in [2.75, 3.05) is 0 Å². The molecule has 1 nitrogen and oxygen atoms in total. The third-order valence-electron chi connectivity index (χ3n) is 3.07. The summed E-state index contributed by atoms with van der Waals surface area (Å²) in [5.41, 5.74) is 2.07. The van der Waals surface area contributed by atoms with E-state index in [1.165, 1.54) is 5.57 Å². The summed E-state index contributed by atoms with van der Waals surface area (Å²) < 4.78 is 0. The van der Waals surface area contributed by atoms with Gasteiger partial charge in [0.2, 0.25) is 0 Å². The van der Waals surface area contributed by atoms with E-state index in [0.29, 0.717) is 5.92 Å². The highest BCUT2D eigenvalue weighted by Gasteiger charge is 2.12. The summed E-state index contributed by atoms with van der Waals surface area (Å²) in [5, 5.41) is 0.821. The number of carbonyl (C=O) groups is 1. The molecule has 2 heteroatoms. The van der Waals surface area contributed by atoms with Crippen LogP contribution in [0.4, 0.5) is 0 Å². The van der Waals surface area contributed by atoms with Gasteiger partial charge >= 0.3 is 0 Å². The van der Waals surface area contributed by atoms with Crippen LogP contribution in [0.1, 0.15) is 19.3 Å². The molecule has 2 rings (SSSR count). The Morgan fingerprint density at radius 1 is 1.29 bits per heavy atom. The van der Waals surface area contributed by atoms with Gasteiger partial charge < -0.3 is 0 Å². The number of carbonyl (C=O) groups excluding carboxylic acids is 1. The summed E-state index contributed by atoms with van der Waals surface area (Å²) in [6.07, 6.45) is 17.9. The Bertz CT molecular complexity index is 450. The molecule has 1 unspecified atom stereocenters. The van der Waals surface area contributed by atoms with Crippen molar-refractivity contribution in [1.82, 2.24) is 0 Å². The molecular weight excluding hydrogens is 232 g/mol. The lowest BCUT2D eigenvalue weighted by atomic mass is 9.92. The molecule has 0 bridgehead atoms. The lowest BCUT2D eigenvalue weighted by Crippen LogP contribution is -1.99. The van der Waals surface area contributed by atoms with Crippen LogP contribution in [0.5, 0.6) is 0 Å². The zero-order chi connectivity index (χ0) is 12.1. The molecule has 0 aliphatic heterocycles. The summed E-state index contributed by atoms with van der Waals surface area (Å²) in [6, 6.07) is 0. The molecule has 0 amide bonds. The number of allylic oxidation sites excluding steroid dienone is 10. The minimum absolute atomic E-state index is 0.425. The van der Waals surface area contributed by atoms with Gasteiger partial charge in [-0.1, -0.05) is 53.6 Å². The Morgan fingerprint density at radius 3 is 3.00 bits per heavy atom.